The van der Waals surface area contributed by atoms with Gasteiger partial charge in [0, 0.05) is 0 Å². The first-order valence-electron chi connectivity index (χ1n) is 1.70. The summed E-state index contributed by atoms with van der Waals surface area (Å²) in [7, 11) is -9.45. The van der Waals surface area contributed by atoms with Crippen LogP contribution in [0.3, 0.4) is 0 Å². The van der Waals surface area contributed by atoms with Crippen LogP contribution in [0, 0.1) is 0 Å². The van der Waals surface area contributed by atoms with Crippen LogP contribution < -0.4 is 0 Å². The average Bonchev–Trinajstić information content (AvgIpc) is 1.59. The molecule has 0 bridgehead atoms. The van der Waals surface area contributed by atoms with E-state index in [-0.39, 0.29) is 0 Å². The monoisotopic (exact) mass is 214 g/mol. The molecular formula is H5FO8P2. The second-order valence-corrected chi connectivity index (χ2v) is 3.22. The van der Waals surface area contributed by atoms with Gasteiger partial charge in [-0.2, -0.15) is 0 Å². The van der Waals surface area contributed by atoms with E-state index in [2.05, 4.69) is 4.73 Å². The topological polar surface area (TPSA) is 145 Å². The van der Waals surface area contributed by atoms with E-state index in [1.165, 1.54) is 0 Å². The summed E-state index contributed by atoms with van der Waals surface area (Å²) in [4.78, 5) is 36.2. The minimum atomic E-state index is -4.81. The van der Waals surface area contributed by atoms with Crippen LogP contribution in [-0.2, 0) is 13.9 Å². The van der Waals surface area contributed by atoms with Gasteiger partial charge < -0.3 is 24.5 Å². The first kappa shape index (κ1) is 13.7. The molecule has 0 amide bonds. The maximum Gasteiger partial charge on any atom is 0.500 e. The molecule has 5 N–H and O–H groups in total. The molecule has 11 heavy (non-hydrogen) atoms. The summed E-state index contributed by atoms with van der Waals surface area (Å²) >= 11 is 0. The van der Waals surface area contributed by atoms with Crippen molar-refractivity contribution in [1.82, 2.24) is 0 Å². The van der Waals surface area contributed by atoms with Gasteiger partial charge in [0.05, 0.1) is 0 Å². The Hall–Kier alpha value is 0.150. The van der Waals surface area contributed by atoms with Crippen LogP contribution in [0.1, 0.15) is 0 Å². The molecule has 0 aliphatic rings. The first-order valence-corrected chi connectivity index (χ1v) is 4.80. The van der Waals surface area contributed by atoms with E-state index in [0.29, 0.717) is 0 Å². The van der Waals surface area contributed by atoms with Crippen molar-refractivity contribution in [3.63, 3.8) is 0 Å². The second kappa shape index (κ2) is 4.91. The maximum absolute atomic E-state index is 10.2. The van der Waals surface area contributed by atoms with Crippen molar-refractivity contribution < 1.29 is 42.9 Å². The molecule has 0 aromatic rings. The maximum atomic E-state index is 10.2. The number of hydrogen-bond acceptors (Lipinski definition) is 3. The summed E-state index contributed by atoms with van der Waals surface area (Å²) in [5.74, 6) is 0. The third-order valence-electron chi connectivity index (χ3n) is 0.0899. The molecule has 0 heterocycles. The van der Waals surface area contributed by atoms with Crippen LogP contribution in [0.15, 0.2) is 0 Å². The Balaban J connectivity index is 0. The van der Waals surface area contributed by atoms with Crippen LogP contribution in [0.5, 0.6) is 0 Å². The van der Waals surface area contributed by atoms with E-state index in [9.17, 15) is 4.53 Å². The predicted octanol–water partition coefficient (Wildman–Crippen LogP) is -0.948. The van der Waals surface area contributed by atoms with Crippen molar-refractivity contribution in [2.24, 2.45) is 0 Å². The molecule has 0 spiro atoms. The zero-order valence-electron chi connectivity index (χ0n) is 4.73. The zero-order valence-corrected chi connectivity index (χ0v) is 6.52. The molecule has 0 unspecified atom stereocenters. The molecule has 8 nitrogen and oxygen atoms in total. The molecule has 0 atom stereocenters. The lowest BCUT2D eigenvalue weighted by Gasteiger charge is -1.87. The van der Waals surface area contributed by atoms with E-state index in [4.69, 9.17) is 33.6 Å². The predicted molar refractivity (Wildman–Crippen MR) is 28.5 cm³/mol. The van der Waals surface area contributed by atoms with Crippen LogP contribution >= 0.6 is 15.6 Å². The SMILES string of the molecule is O=P(O)(O)O.O=P(O)(O)OF. The van der Waals surface area contributed by atoms with Crippen LogP contribution in [0.25, 0.3) is 0 Å². The standard InChI is InChI=1S/FH2O4P.H3O4P/c1-5-6(2,3)4;1-5(2,3)4/h(H2,2,3,4);(H3,1,2,3,4). The Labute approximate surface area is 59.6 Å². The summed E-state index contributed by atoms with van der Waals surface area (Å²) < 4.78 is 30.3. The molecular weight excluding hydrogens is 209 g/mol. The highest BCUT2D eigenvalue weighted by Crippen LogP contribution is 2.35. The van der Waals surface area contributed by atoms with Gasteiger partial charge in [-0.3, -0.25) is 0 Å². The van der Waals surface area contributed by atoms with E-state index in [1.54, 1.807) is 0 Å². The van der Waals surface area contributed by atoms with E-state index < -0.39 is 15.6 Å². The van der Waals surface area contributed by atoms with Crippen LogP contribution in [0.2, 0.25) is 0 Å². The largest absolute Gasteiger partial charge is 0.500 e. The Morgan fingerprint density at radius 3 is 1.09 bits per heavy atom. The minimum Gasteiger partial charge on any atom is -0.303 e. The molecule has 0 rings (SSSR count). The van der Waals surface area contributed by atoms with Gasteiger partial charge in [0.25, 0.3) is 0 Å². The highest BCUT2D eigenvalue weighted by atomic mass is 31.2. The van der Waals surface area contributed by atoms with Crippen LogP contribution in [-0.4, -0.2) is 24.5 Å². The van der Waals surface area contributed by atoms with Gasteiger partial charge in [0.1, 0.15) is 0 Å². The fourth-order valence-corrected chi connectivity index (χ4v) is 0. The molecule has 0 fully saturated rings. The van der Waals surface area contributed by atoms with Gasteiger partial charge in [-0.25, -0.2) is 9.13 Å². The highest BCUT2D eigenvalue weighted by molar-refractivity contribution is 7.46. The lowest BCUT2D eigenvalue weighted by atomic mass is 15.6. The Bertz CT molecular complexity index is 164. The smallest absolute Gasteiger partial charge is 0.303 e. The molecule has 11 heteroatoms. The van der Waals surface area contributed by atoms with Crippen molar-refractivity contribution in [1.29, 1.82) is 0 Å². The summed E-state index contributed by atoms with van der Waals surface area (Å²) in [6.07, 6.45) is 0. The number of phosphoric acid groups is 2. The quantitative estimate of drug-likeness (QED) is 0.351. The zero-order chi connectivity index (χ0) is 9.71. The van der Waals surface area contributed by atoms with Gasteiger partial charge in [-0.1, -0.05) is 4.73 Å². The lowest BCUT2D eigenvalue weighted by molar-refractivity contribution is -0.0389. The number of hydrogen-bond donors (Lipinski definition) is 5. The van der Waals surface area contributed by atoms with Gasteiger partial charge in [-0.15, -0.1) is 0 Å². The van der Waals surface area contributed by atoms with Gasteiger partial charge in [0.2, 0.25) is 0 Å². The van der Waals surface area contributed by atoms with E-state index in [1.807, 2.05) is 0 Å². The third-order valence-corrected chi connectivity index (χ3v) is 0.270. The summed E-state index contributed by atoms with van der Waals surface area (Å²) in [6, 6.07) is 0. The van der Waals surface area contributed by atoms with Crippen molar-refractivity contribution >= 4 is 15.6 Å². The molecule has 0 aliphatic carbocycles. The Morgan fingerprint density at radius 1 is 1.00 bits per heavy atom. The molecule has 70 valence electrons. The molecule has 0 aromatic carbocycles. The van der Waals surface area contributed by atoms with Gasteiger partial charge in [-0.05, 0) is 4.53 Å². The van der Waals surface area contributed by atoms with Crippen LogP contribution in [0.4, 0.5) is 4.53 Å². The van der Waals surface area contributed by atoms with Crippen molar-refractivity contribution in [3.05, 3.63) is 0 Å². The molecule has 0 aliphatic heterocycles. The number of halogens is 1. The Morgan fingerprint density at radius 2 is 1.09 bits per heavy atom. The summed E-state index contributed by atoms with van der Waals surface area (Å²) in [6.45, 7) is 0. The first-order chi connectivity index (χ1) is 4.56. The molecule has 0 radical (unpaired) electrons. The van der Waals surface area contributed by atoms with Crippen molar-refractivity contribution in [2.45, 2.75) is 0 Å². The average molecular weight is 214 g/mol. The van der Waals surface area contributed by atoms with Crippen molar-refractivity contribution in [2.75, 3.05) is 0 Å². The lowest BCUT2D eigenvalue weighted by Crippen LogP contribution is -1.71. The van der Waals surface area contributed by atoms with E-state index in [0.717, 1.165) is 0 Å². The van der Waals surface area contributed by atoms with Gasteiger partial charge >= 0.3 is 15.6 Å². The third kappa shape index (κ3) is 67.9. The normalized spacial score (nSPS) is 11.8. The van der Waals surface area contributed by atoms with Crippen molar-refractivity contribution in [3.8, 4) is 0 Å². The fourth-order valence-electron chi connectivity index (χ4n) is 0. The number of rotatable bonds is 1. The summed E-state index contributed by atoms with van der Waals surface area (Å²) in [5.41, 5.74) is 0. The fraction of sp³-hybridized carbons (Fsp3) is 0. The minimum absolute atomic E-state index is 2.10. The highest BCUT2D eigenvalue weighted by Gasteiger charge is 2.12. The molecule has 0 aromatic heterocycles. The second-order valence-electron chi connectivity index (χ2n) is 1.07. The molecule has 0 saturated carbocycles. The Kier molecular flexibility index (Phi) is 6.13. The van der Waals surface area contributed by atoms with E-state index >= 15 is 0 Å². The van der Waals surface area contributed by atoms with Gasteiger partial charge in [0.15, 0.2) is 0 Å². The summed E-state index contributed by atoms with van der Waals surface area (Å²) in [5, 5.41) is 0. The molecule has 0 saturated heterocycles.